The van der Waals surface area contributed by atoms with Crippen molar-refractivity contribution in [1.29, 1.82) is 0 Å². The maximum atomic E-state index is 11.6. The number of rotatable bonds is 5. The number of aromatic nitrogens is 1. The molecule has 4 heteroatoms. The van der Waals surface area contributed by atoms with Crippen LogP contribution in [0.15, 0.2) is 16.7 Å². The number of carbonyl (C=O) groups excluding carboxylic acids is 1. The Labute approximate surface area is 98.8 Å². The van der Waals surface area contributed by atoms with E-state index in [0.29, 0.717) is 11.6 Å². The van der Waals surface area contributed by atoms with Crippen LogP contribution in [0.5, 0.6) is 0 Å². The van der Waals surface area contributed by atoms with Crippen molar-refractivity contribution in [2.75, 3.05) is 6.54 Å². The van der Waals surface area contributed by atoms with Gasteiger partial charge in [0.15, 0.2) is 0 Å². The third kappa shape index (κ3) is 3.70. The van der Waals surface area contributed by atoms with Crippen molar-refractivity contribution >= 4 is 21.8 Å². The van der Waals surface area contributed by atoms with Gasteiger partial charge in [-0.2, -0.15) is 0 Å². The van der Waals surface area contributed by atoms with Crippen LogP contribution in [0.1, 0.15) is 37.2 Å². The summed E-state index contributed by atoms with van der Waals surface area (Å²) >= 11 is 3.30. The summed E-state index contributed by atoms with van der Waals surface area (Å²) in [4.78, 5) is 14.5. The van der Waals surface area contributed by atoms with Crippen molar-refractivity contribution < 1.29 is 4.79 Å². The number of halogens is 1. The lowest BCUT2D eigenvalue weighted by Crippen LogP contribution is -2.29. The van der Waals surface area contributed by atoms with Gasteiger partial charge in [0.1, 0.15) is 5.69 Å². The van der Waals surface area contributed by atoms with Gasteiger partial charge in [-0.05, 0) is 27.9 Å². The SMILES string of the molecule is CCC(CC)CNC(=O)c1cc(Br)c[nH]1. The van der Waals surface area contributed by atoms with E-state index in [4.69, 9.17) is 0 Å². The first-order valence-corrected chi connectivity index (χ1v) is 6.08. The first-order valence-electron chi connectivity index (χ1n) is 5.29. The Morgan fingerprint density at radius 2 is 2.20 bits per heavy atom. The van der Waals surface area contributed by atoms with E-state index in [1.165, 1.54) is 0 Å². The molecule has 1 amide bonds. The van der Waals surface area contributed by atoms with Crippen LogP contribution < -0.4 is 5.32 Å². The van der Waals surface area contributed by atoms with Crippen molar-refractivity contribution in [2.45, 2.75) is 26.7 Å². The van der Waals surface area contributed by atoms with Gasteiger partial charge in [-0.1, -0.05) is 26.7 Å². The van der Waals surface area contributed by atoms with Gasteiger partial charge in [0.05, 0.1) is 0 Å². The third-order valence-corrected chi connectivity index (χ3v) is 3.06. The monoisotopic (exact) mass is 272 g/mol. The minimum Gasteiger partial charge on any atom is -0.356 e. The molecule has 15 heavy (non-hydrogen) atoms. The first-order chi connectivity index (χ1) is 7.17. The topological polar surface area (TPSA) is 44.9 Å². The molecule has 0 spiro atoms. The van der Waals surface area contributed by atoms with Gasteiger partial charge in [-0.15, -0.1) is 0 Å². The average Bonchev–Trinajstić information content (AvgIpc) is 2.66. The highest BCUT2D eigenvalue weighted by atomic mass is 79.9. The van der Waals surface area contributed by atoms with E-state index >= 15 is 0 Å². The zero-order valence-corrected chi connectivity index (χ0v) is 10.7. The molecule has 1 aromatic heterocycles. The van der Waals surface area contributed by atoms with Crippen LogP contribution in [-0.4, -0.2) is 17.4 Å². The highest BCUT2D eigenvalue weighted by Crippen LogP contribution is 2.11. The number of aromatic amines is 1. The molecule has 3 nitrogen and oxygen atoms in total. The summed E-state index contributed by atoms with van der Waals surface area (Å²) in [5.74, 6) is 0.542. The van der Waals surface area contributed by atoms with E-state index in [-0.39, 0.29) is 5.91 Å². The second-order valence-corrected chi connectivity index (χ2v) is 4.54. The summed E-state index contributed by atoms with van der Waals surface area (Å²) < 4.78 is 0.898. The summed E-state index contributed by atoms with van der Waals surface area (Å²) in [6.07, 6.45) is 3.96. The summed E-state index contributed by atoms with van der Waals surface area (Å²) in [5.41, 5.74) is 0.604. The van der Waals surface area contributed by atoms with Crippen molar-refractivity contribution in [3.05, 3.63) is 22.4 Å². The highest BCUT2D eigenvalue weighted by Gasteiger charge is 2.09. The summed E-state index contributed by atoms with van der Waals surface area (Å²) in [5, 5.41) is 2.92. The van der Waals surface area contributed by atoms with Gasteiger partial charge in [-0.25, -0.2) is 0 Å². The Hall–Kier alpha value is -0.770. The minimum absolute atomic E-state index is 0.0346. The van der Waals surface area contributed by atoms with Crippen LogP contribution in [0.4, 0.5) is 0 Å². The maximum Gasteiger partial charge on any atom is 0.267 e. The molecule has 0 saturated carbocycles. The highest BCUT2D eigenvalue weighted by molar-refractivity contribution is 9.10. The Kier molecular flexibility index (Phi) is 4.88. The lowest BCUT2D eigenvalue weighted by atomic mass is 10.0. The van der Waals surface area contributed by atoms with Crippen LogP contribution in [0.25, 0.3) is 0 Å². The fraction of sp³-hybridized carbons (Fsp3) is 0.545. The maximum absolute atomic E-state index is 11.6. The lowest BCUT2D eigenvalue weighted by molar-refractivity contribution is 0.0942. The number of carbonyl (C=O) groups is 1. The molecule has 84 valence electrons. The Morgan fingerprint density at radius 1 is 1.53 bits per heavy atom. The molecular formula is C11H17BrN2O. The fourth-order valence-electron chi connectivity index (χ4n) is 1.41. The smallest absolute Gasteiger partial charge is 0.267 e. The van der Waals surface area contributed by atoms with Crippen LogP contribution >= 0.6 is 15.9 Å². The van der Waals surface area contributed by atoms with E-state index < -0.39 is 0 Å². The Balaban J connectivity index is 2.42. The molecule has 0 aliphatic carbocycles. The predicted octanol–water partition coefficient (Wildman–Crippen LogP) is 2.94. The molecular weight excluding hydrogens is 256 g/mol. The van der Waals surface area contributed by atoms with Crippen molar-refractivity contribution in [2.24, 2.45) is 5.92 Å². The van der Waals surface area contributed by atoms with E-state index in [1.807, 2.05) is 0 Å². The van der Waals surface area contributed by atoms with E-state index in [0.717, 1.165) is 23.9 Å². The second kappa shape index (κ2) is 5.95. The lowest BCUT2D eigenvalue weighted by Gasteiger charge is -2.12. The Morgan fingerprint density at radius 3 is 2.67 bits per heavy atom. The Bertz CT molecular complexity index is 318. The molecule has 1 aromatic rings. The molecule has 0 aliphatic heterocycles. The first kappa shape index (κ1) is 12.3. The van der Waals surface area contributed by atoms with Gasteiger partial charge >= 0.3 is 0 Å². The summed E-state index contributed by atoms with van der Waals surface area (Å²) in [7, 11) is 0. The second-order valence-electron chi connectivity index (χ2n) is 3.62. The molecule has 0 unspecified atom stereocenters. The van der Waals surface area contributed by atoms with Gasteiger partial charge in [0.2, 0.25) is 0 Å². The number of hydrogen-bond donors (Lipinski definition) is 2. The van der Waals surface area contributed by atoms with Gasteiger partial charge in [0.25, 0.3) is 5.91 Å². The molecule has 1 rings (SSSR count). The molecule has 0 atom stereocenters. The summed E-state index contributed by atoms with van der Waals surface area (Å²) in [6.45, 7) is 5.04. The van der Waals surface area contributed by atoms with E-state index in [2.05, 4.69) is 40.1 Å². The number of nitrogens with one attached hydrogen (secondary N) is 2. The quantitative estimate of drug-likeness (QED) is 0.851. The molecule has 0 radical (unpaired) electrons. The van der Waals surface area contributed by atoms with Crippen LogP contribution in [0.2, 0.25) is 0 Å². The number of hydrogen-bond acceptors (Lipinski definition) is 1. The van der Waals surface area contributed by atoms with Gasteiger partial charge in [-0.3, -0.25) is 4.79 Å². The van der Waals surface area contributed by atoms with Crippen LogP contribution in [-0.2, 0) is 0 Å². The zero-order valence-electron chi connectivity index (χ0n) is 9.14. The molecule has 0 fully saturated rings. The normalized spacial score (nSPS) is 10.7. The predicted molar refractivity (Wildman–Crippen MR) is 64.9 cm³/mol. The molecule has 0 bridgehead atoms. The van der Waals surface area contributed by atoms with E-state index in [9.17, 15) is 4.79 Å². The molecule has 0 saturated heterocycles. The third-order valence-electron chi connectivity index (χ3n) is 2.60. The van der Waals surface area contributed by atoms with Crippen LogP contribution in [0.3, 0.4) is 0 Å². The van der Waals surface area contributed by atoms with Gasteiger partial charge < -0.3 is 10.3 Å². The standard InChI is InChI=1S/C11H17BrN2O/c1-3-8(4-2)6-14-11(15)10-5-9(12)7-13-10/h5,7-8,13H,3-4,6H2,1-2H3,(H,14,15). The molecule has 1 heterocycles. The van der Waals surface area contributed by atoms with Gasteiger partial charge in [0, 0.05) is 17.2 Å². The molecule has 0 aromatic carbocycles. The fourth-order valence-corrected chi connectivity index (χ4v) is 1.75. The van der Waals surface area contributed by atoms with Crippen LogP contribution in [0, 0.1) is 5.92 Å². The minimum atomic E-state index is -0.0346. The summed E-state index contributed by atoms with van der Waals surface area (Å²) in [6, 6.07) is 1.78. The van der Waals surface area contributed by atoms with Crippen molar-refractivity contribution in [3.63, 3.8) is 0 Å². The van der Waals surface area contributed by atoms with Crippen molar-refractivity contribution in [3.8, 4) is 0 Å². The number of amides is 1. The zero-order chi connectivity index (χ0) is 11.3. The largest absolute Gasteiger partial charge is 0.356 e. The van der Waals surface area contributed by atoms with Crippen molar-refractivity contribution in [1.82, 2.24) is 10.3 Å². The average molecular weight is 273 g/mol. The van der Waals surface area contributed by atoms with E-state index in [1.54, 1.807) is 12.3 Å². The molecule has 2 N–H and O–H groups in total. The molecule has 0 aliphatic rings. The number of H-pyrrole nitrogens is 1.